The summed E-state index contributed by atoms with van der Waals surface area (Å²) in [7, 11) is -3.20. The molecule has 0 fully saturated rings. The van der Waals surface area contributed by atoms with Gasteiger partial charge < -0.3 is 10.2 Å². The second-order valence-electron chi connectivity index (χ2n) is 4.83. The van der Waals surface area contributed by atoms with E-state index in [-0.39, 0.29) is 5.56 Å². The number of carboxylic acids is 2. The van der Waals surface area contributed by atoms with Crippen LogP contribution in [-0.4, -0.2) is 37.8 Å². The third-order valence-electron chi connectivity index (χ3n) is 3.10. The van der Waals surface area contributed by atoms with Gasteiger partial charge in [0.2, 0.25) is 0 Å². The summed E-state index contributed by atoms with van der Waals surface area (Å²) in [6.07, 6.45) is -5.65. The van der Waals surface area contributed by atoms with Crippen LogP contribution in [0.2, 0.25) is 0 Å². The second kappa shape index (κ2) is 8.18. The molecule has 11 heteroatoms. The molecule has 0 heterocycles. The topological polar surface area (TPSA) is 115 Å². The van der Waals surface area contributed by atoms with E-state index < -0.39 is 57.3 Å². The standard InChI is InChI=1S/C13H13F3NO6P/c14-13(15,16)9-3-1-2-8(6-9)7-17(24(22)23)10(12(20)21)4-5-11(18)19/h1-3,6,10H,4-5,7H2,(H2-,18,19,20,21,22,23)/p+1. The first-order valence-corrected chi connectivity index (χ1v) is 7.72. The Balaban J connectivity index is 3.06. The van der Waals surface area contributed by atoms with Gasteiger partial charge in [-0.3, -0.25) is 9.59 Å². The number of hydrogen-bond acceptors (Lipinski definition) is 3. The molecule has 0 bridgehead atoms. The Kier molecular flexibility index (Phi) is 6.82. The number of nitrogens with zero attached hydrogens (tertiary/aromatic N) is 1. The van der Waals surface area contributed by atoms with Gasteiger partial charge in [-0.2, -0.15) is 13.2 Å². The fraction of sp³-hybridized carbons (Fsp3) is 0.385. The van der Waals surface area contributed by atoms with Crippen molar-refractivity contribution in [2.75, 3.05) is 0 Å². The fourth-order valence-electron chi connectivity index (χ4n) is 1.98. The lowest BCUT2D eigenvalue weighted by atomic mass is 10.1. The largest absolute Gasteiger partial charge is 0.614 e. The lowest BCUT2D eigenvalue weighted by molar-refractivity contribution is -0.143. The van der Waals surface area contributed by atoms with E-state index in [0.717, 1.165) is 18.2 Å². The molecule has 0 aromatic heterocycles. The van der Waals surface area contributed by atoms with Gasteiger partial charge in [-0.1, -0.05) is 18.2 Å². The molecule has 0 amide bonds. The highest BCUT2D eigenvalue weighted by Crippen LogP contribution is 2.33. The summed E-state index contributed by atoms with van der Waals surface area (Å²) in [4.78, 5) is 31.1. The molecule has 0 spiro atoms. The molecule has 132 valence electrons. The van der Waals surface area contributed by atoms with Crippen molar-refractivity contribution in [1.29, 1.82) is 0 Å². The van der Waals surface area contributed by atoms with E-state index in [4.69, 9.17) is 10.2 Å². The number of hydrogen-bond donors (Lipinski definition) is 3. The first-order chi connectivity index (χ1) is 11.0. The number of alkyl halides is 3. The predicted molar refractivity (Wildman–Crippen MR) is 75.1 cm³/mol. The van der Waals surface area contributed by atoms with Gasteiger partial charge in [0, 0.05) is 6.42 Å². The number of carbonyl (C=O) groups is 2. The van der Waals surface area contributed by atoms with Crippen LogP contribution in [-0.2, 0) is 26.9 Å². The molecule has 1 rings (SSSR count). The van der Waals surface area contributed by atoms with Crippen molar-refractivity contribution in [3.05, 3.63) is 35.4 Å². The highest BCUT2D eigenvalue weighted by atomic mass is 31.1. The third kappa shape index (κ3) is 5.88. The maximum absolute atomic E-state index is 12.7. The summed E-state index contributed by atoms with van der Waals surface area (Å²) in [5.74, 6) is -2.84. The van der Waals surface area contributed by atoms with Crippen molar-refractivity contribution in [1.82, 2.24) is 4.67 Å². The van der Waals surface area contributed by atoms with Crippen LogP contribution in [0.4, 0.5) is 13.2 Å². The molecular formula is C13H14F3NO6P+. The highest BCUT2D eigenvalue weighted by Gasteiger charge is 2.40. The van der Waals surface area contributed by atoms with Crippen molar-refractivity contribution in [2.24, 2.45) is 0 Å². The Morgan fingerprint density at radius 2 is 1.88 bits per heavy atom. The van der Waals surface area contributed by atoms with E-state index in [1.165, 1.54) is 6.07 Å². The van der Waals surface area contributed by atoms with Crippen LogP contribution in [0.3, 0.4) is 0 Å². The smallest absolute Gasteiger partial charge is 0.481 e. The van der Waals surface area contributed by atoms with E-state index >= 15 is 0 Å². The van der Waals surface area contributed by atoms with Crippen LogP contribution < -0.4 is 0 Å². The maximum atomic E-state index is 12.7. The van der Waals surface area contributed by atoms with Gasteiger partial charge in [0.15, 0.2) is 6.04 Å². The van der Waals surface area contributed by atoms with Gasteiger partial charge in [-0.15, -0.1) is 4.89 Å². The molecule has 0 saturated carbocycles. The maximum Gasteiger partial charge on any atom is 0.614 e. The van der Waals surface area contributed by atoms with E-state index in [1.54, 1.807) is 0 Å². The minimum absolute atomic E-state index is 0.0243. The molecule has 2 atom stereocenters. The highest BCUT2D eigenvalue weighted by molar-refractivity contribution is 7.35. The van der Waals surface area contributed by atoms with Crippen LogP contribution in [0.1, 0.15) is 24.0 Å². The van der Waals surface area contributed by atoms with Gasteiger partial charge in [0.25, 0.3) is 0 Å². The Hall–Kier alpha value is -2.03. The van der Waals surface area contributed by atoms with Gasteiger partial charge >= 0.3 is 26.3 Å². The van der Waals surface area contributed by atoms with Crippen molar-refractivity contribution < 1.29 is 42.4 Å². The molecule has 0 aliphatic heterocycles. The summed E-state index contributed by atoms with van der Waals surface area (Å²) in [6.45, 7) is -0.549. The molecule has 3 N–H and O–H groups in total. The Labute approximate surface area is 135 Å². The van der Waals surface area contributed by atoms with Crippen molar-refractivity contribution in [3.63, 3.8) is 0 Å². The molecule has 7 nitrogen and oxygen atoms in total. The van der Waals surface area contributed by atoms with Crippen LogP contribution in [0.15, 0.2) is 24.3 Å². The normalized spacial score (nSPS) is 13.6. The molecule has 0 aliphatic carbocycles. The zero-order valence-corrected chi connectivity index (χ0v) is 13.0. The van der Waals surface area contributed by atoms with Gasteiger partial charge in [-0.05, 0) is 27.3 Å². The minimum atomic E-state index is -4.61. The van der Waals surface area contributed by atoms with Crippen LogP contribution in [0.5, 0.6) is 0 Å². The monoisotopic (exact) mass is 368 g/mol. The number of benzene rings is 1. The predicted octanol–water partition coefficient (Wildman–Crippen LogP) is 2.48. The average molecular weight is 368 g/mol. The summed E-state index contributed by atoms with van der Waals surface area (Å²) < 4.78 is 50.0. The quantitative estimate of drug-likeness (QED) is 0.604. The fourth-order valence-corrected chi connectivity index (χ4v) is 2.72. The zero-order valence-electron chi connectivity index (χ0n) is 12.1. The van der Waals surface area contributed by atoms with E-state index in [2.05, 4.69) is 0 Å². The average Bonchev–Trinajstić information content (AvgIpc) is 2.44. The first kappa shape index (κ1) is 20.0. The molecule has 0 aliphatic rings. The Morgan fingerprint density at radius 3 is 2.33 bits per heavy atom. The van der Waals surface area contributed by atoms with E-state index in [0.29, 0.717) is 4.67 Å². The molecule has 1 aromatic carbocycles. The Bertz CT molecular complexity index is 636. The summed E-state index contributed by atoms with van der Waals surface area (Å²) in [6, 6.07) is 2.27. The second-order valence-corrected chi connectivity index (χ2v) is 5.85. The number of carboxylic acid groups (broad SMARTS) is 2. The lowest BCUT2D eigenvalue weighted by Gasteiger charge is -2.17. The van der Waals surface area contributed by atoms with Crippen LogP contribution >= 0.6 is 8.18 Å². The molecule has 1 aromatic rings. The molecule has 2 unspecified atom stereocenters. The minimum Gasteiger partial charge on any atom is -0.481 e. The van der Waals surface area contributed by atoms with E-state index in [1.807, 2.05) is 0 Å². The molecule has 0 saturated heterocycles. The van der Waals surface area contributed by atoms with Gasteiger partial charge in [0.1, 0.15) is 0 Å². The van der Waals surface area contributed by atoms with Gasteiger partial charge in [0.05, 0.1) is 12.1 Å². The summed E-state index contributed by atoms with van der Waals surface area (Å²) >= 11 is 0. The van der Waals surface area contributed by atoms with Crippen LogP contribution in [0, 0.1) is 0 Å². The number of halogens is 3. The lowest BCUT2D eigenvalue weighted by Crippen LogP contribution is -2.36. The van der Waals surface area contributed by atoms with Crippen molar-refractivity contribution in [2.45, 2.75) is 31.6 Å². The third-order valence-corrected chi connectivity index (χ3v) is 3.95. The first-order valence-electron chi connectivity index (χ1n) is 6.55. The summed E-state index contributed by atoms with van der Waals surface area (Å²) in [5.41, 5.74) is -1.01. The van der Waals surface area contributed by atoms with Crippen molar-refractivity contribution >= 4 is 20.1 Å². The number of aliphatic carboxylic acids is 2. The Morgan fingerprint density at radius 1 is 1.25 bits per heavy atom. The number of rotatable bonds is 8. The SMILES string of the molecule is O=C(O)CCC(C(=O)O)N(Cc1cccc(C(F)(F)F)c1)[P+](=O)O. The van der Waals surface area contributed by atoms with Gasteiger partial charge in [-0.25, -0.2) is 0 Å². The molecule has 0 radical (unpaired) electrons. The van der Waals surface area contributed by atoms with Crippen molar-refractivity contribution in [3.8, 4) is 0 Å². The van der Waals surface area contributed by atoms with Crippen LogP contribution in [0.25, 0.3) is 0 Å². The summed E-state index contributed by atoms with van der Waals surface area (Å²) in [5, 5.41) is 17.7. The molecular weight excluding hydrogens is 354 g/mol. The van der Waals surface area contributed by atoms with E-state index in [9.17, 15) is 32.2 Å². The molecule has 24 heavy (non-hydrogen) atoms. The zero-order chi connectivity index (χ0) is 18.5.